The molecule has 7 nitrogen and oxygen atoms in total. The number of ether oxygens (including phenoxy) is 3. The number of hydrogen-bond acceptors (Lipinski definition) is 6. The normalized spacial score (nSPS) is 10.9. The van der Waals surface area contributed by atoms with Gasteiger partial charge in [-0.2, -0.15) is 8.78 Å². The van der Waals surface area contributed by atoms with Crippen LogP contribution in [0.2, 0.25) is 0 Å². The summed E-state index contributed by atoms with van der Waals surface area (Å²) in [6.07, 6.45) is 2.11. The number of nitrogens with zero attached hydrogens (tertiary/aromatic N) is 1. The summed E-state index contributed by atoms with van der Waals surface area (Å²) < 4.78 is 39.1. The molecule has 2 rings (SSSR count). The lowest BCUT2D eigenvalue weighted by Crippen LogP contribution is -2.05. The molecule has 0 N–H and O–H groups in total. The maximum atomic E-state index is 12.4. The fourth-order valence-corrected chi connectivity index (χ4v) is 2.12. The molecule has 0 radical (unpaired) electrons. The lowest BCUT2D eigenvalue weighted by Gasteiger charge is -2.10. The predicted molar refractivity (Wildman–Crippen MR) is 92.1 cm³/mol. The minimum Gasteiger partial charge on any atom is -0.493 e. The van der Waals surface area contributed by atoms with Gasteiger partial charge in [-0.05, 0) is 31.2 Å². The topological polar surface area (TPSA) is 87.9 Å². The van der Waals surface area contributed by atoms with E-state index < -0.39 is 28.9 Å². The summed E-state index contributed by atoms with van der Waals surface area (Å²) in [6, 6.07) is 8.63. The highest BCUT2D eigenvalue weighted by Gasteiger charge is 2.20. The highest BCUT2D eigenvalue weighted by Crippen LogP contribution is 2.36. The van der Waals surface area contributed by atoms with Gasteiger partial charge in [0.1, 0.15) is 5.75 Å². The van der Waals surface area contributed by atoms with E-state index in [1.807, 2.05) is 6.92 Å². The molecule has 0 aliphatic rings. The fraction of sp³-hybridized carbons (Fsp3) is 0.167. The van der Waals surface area contributed by atoms with Gasteiger partial charge in [0.05, 0.1) is 23.7 Å². The van der Waals surface area contributed by atoms with Gasteiger partial charge in [-0.3, -0.25) is 10.1 Å². The second-order valence-electron chi connectivity index (χ2n) is 5.26. The second kappa shape index (κ2) is 8.75. The molecule has 0 heterocycles. The third-order valence-electron chi connectivity index (χ3n) is 3.36. The quantitative estimate of drug-likeness (QED) is 0.236. The summed E-state index contributed by atoms with van der Waals surface area (Å²) in [4.78, 5) is 22.3. The van der Waals surface area contributed by atoms with Crippen LogP contribution in [0.3, 0.4) is 0 Å². The number of nitro benzene ring substituents is 1. The summed E-state index contributed by atoms with van der Waals surface area (Å²) in [5.41, 5.74) is 0.407. The van der Waals surface area contributed by atoms with Gasteiger partial charge in [-0.15, -0.1) is 0 Å². The van der Waals surface area contributed by atoms with Crippen LogP contribution in [-0.2, 0) is 4.79 Å². The van der Waals surface area contributed by atoms with E-state index in [0.29, 0.717) is 5.75 Å². The van der Waals surface area contributed by atoms with E-state index in [0.717, 1.165) is 29.8 Å². The average molecular weight is 379 g/mol. The number of nitro groups is 1. The minimum atomic E-state index is -3.18. The highest BCUT2D eigenvalue weighted by molar-refractivity contribution is 5.89. The third kappa shape index (κ3) is 5.50. The summed E-state index contributed by atoms with van der Waals surface area (Å²) >= 11 is 0. The van der Waals surface area contributed by atoms with Crippen LogP contribution in [0.4, 0.5) is 14.5 Å². The van der Waals surface area contributed by atoms with Crippen LogP contribution < -0.4 is 14.2 Å². The molecule has 0 fully saturated rings. The van der Waals surface area contributed by atoms with Gasteiger partial charge in [0.25, 0.3) is 5.69 Å². The summed E-state index contributed by atoms with van der Waals surface area (Å²) in [5.74, 6) is -1.09. The molecule has 2 aromatic rings. The van der Waals surface area contributed by atoms with Crippen molar-refractivity contribution in [3.05, 3.63) is 63.7 Å². The molecular formula is C18H15F2NO6. The van der Waals surface area contributed by atoms with E-state index in [4.69, 9.17) is 9.47 Å². The Balaban J connectivity index is 2.27. The Labute approximate surface area is 152 Å². The number of aryl methyl sites for hydroxylation is 1. The molecule has 0 saturated heterocycles. The van der Waals surface area contributed by atoms with Gasteiger partial charge < -0.3 is 14.2 Å². The highest BCUT2D eigenvalue weighted by atomic mass is 19.3. The monoisotopic (exact) mass is 379 g/mol. The average Bonchev–Trinajstić information content (AvgIpc) is 2.61. The Morgan fingerprint density at radius 2 is 1.85 bits per heavy atom. The molecule has 0 spiro atoms. The minimum absolute atomic E-state index is 0.0423. The van der Waals surface area contributed by atoms with Crippen LogP contribution in [0, 0.1) is 17.0 Å². The molecule has 0 amide bonds. The van der Waals surface area contributed by atoms with Crippen LogP contribution in [0.5, 0.6) is 17.2 Å². The summed E-state index contributed by atoms with van der Waals surface area (Å²) in [7, 11) is 1.19. The smallest absolute Gasteiger partial charge is 0.387 e. The van der Waals surface area contributed by atoms with Gasteiger partial charge in [0.2, 0.25) is 0 Å². The standard InChI is InChI=1S/C18H15F2NO6/c1-11-3-6-13(7-4-11)26-17(22)8-5-12-9-15(25-2)16(27-18(19)20)10-14(12)21(23)24/h3-10,18H,1-2H3/b8-5+. The Morgan fingerprint density at radius 1 is 1.19 bits per heavy atom. The number of hydrogen-bond donors (Lipinski definition) is 0. The van der Waals surface area contributed by atoms with Gasteiger partial charge in [0.15, 0.2) is 11.5 Å². The Hall–Kier alpha value is -3.49. The maximum Gasteiger partial charge on any atom is 0.387 e. The first kappa shape index (κ1) is 19.8. The van der Waals surface area contributed by atoms with Gasteiger partial charge in [0, 0.05) is 6.08 Å². The van der Waals surface area contributed by atoms with Crippen molar-refractivity contribution in [2.24, 2.45) is 0 Å². The van der Waals surface area contributed by atoms with Crippen LogP contribution in [0.1, 0.15) is 11.1 Å². The van der Waals surface area contributed by atoms with Crippen molar-refractivity contribution in [1.29, 1.82) is 0 Å². The van der Waals surface area contributed by atoms with Gasteiger partial charge in [-0.1, -0.05) is 17.7 Å². The number of benzene rings is 2. The van der Waals surface area contributed by atoms with Crippen LogP contribution >= 0.6 is 0 Å². The maximum absolute atomic E-state index is 12.4. The van der Waals surface area contributed by atoms with Crippen molar-refractivity contribution in [3.63, 3.8) is 0 Å². The van der Waals surface area contributed by atoms with Gasteiger partial charge in [-0.25, -0.2) is 4.79 Å². The number of carbonyl (C=O) groups excluding carboxylic acids is 1. The van der Waals surface area contributed by atoms with Crippen LogP contribution in [-0.4, -0.2) is 24.6 Å². The van der Waals surface area contributed by atoms with Crippen LogP contribution in [0.25, 0.3) is 6.08 Å². The zero-order valence-electron chi connectivity index (χ0n) is 14.3. The van der Waals surface area contributed by atoms with E-state index in [2.05, 4.69) is 4.74 Å². The Kier molecular flexibility index (Phi) is 6.42. The lowest BCUT2D eigenvalue weighted by atomic mass is 10.1. The van der Waals surface area contributed by atoms with Crippen molar-refractivity contribution in [1.82, 2.24) is 0 Å². The molecule has 0 atom stereocenters. The summed E-state index contributed by atoms with van der Waals surface area (Å²) in [6.45, 7) is -1.30. The van der Waals surface area contributed by atoms with E-state index >= 15 is 0 Å². The SMILES string of the molecule is COc1cc(/C=C/C(=O)Oc2ccc(C)cc2)c([N+](=O)[O-])cc1OC(F)F. The Morgan fingerprint density at radius 3 is 2.41 bits per heavy atom. The molecule has 0 aromatic heterocycles. The molecule has 2 aromatic carbocycles. The van der Waals surface area contributed by atoms with E-state index in [9.17, 15) is 23.7 Å². The molecule has 27 heavy (non-hydrogen) atoms. The van der Waals surface area contributed by atoms with E-state index in [-0.39, 0.29) is 11.3 Å². The van der Waals surface area contributed by atoms with Crippen molar-refractivity contribution < 1.29 is 32.7 Å². The van der Waals surface area contributed by atoms with Gasteiger partial charge >= 0.3 is 12.6 Å². The molecule has 0 unspecified atom stereocenters. The zero-order valence-corrected chi connectivity index (χ0v) is 14.3. The van der Waals surface area contributed by atoms with Crippen molar-refractivity contribution in [2.75, 3.05) is 7.11 Å². The molecule has 0 aliphatic heterocycles. The first-order chi connectivity index (χ1) is 12.8. The molecule has 142 valence electrons. The van der Waals surface area contributed by atoms with Crippen molar-refractivity contribution in [3.8, 4) is 17.2 Å². The number of rotatable bonds is 7. The van der Waals surface area contributed by atoms with Crippen molar-refractivity contribution in [2.45, 2.75) is 13.5 Å². The zero-order chi connectivity index (χ0) is 20.0. The lowest BCUT2D eigenvalue weighted by molar-refractivity contribution is -0.385. The number of halogens is 2. The molecule has 0 bridgehead atoms. The van der Waals surface area contributed by atoms with E-state index in [1.54, 1.807) is 24.3 Å². The van der Waals surface area contributed by atoms with Crippen molar-refractivity contribution >= 4 is 17.7 Å². The molecular weight excluding hydrogens is 364 g/mol. The molecule has 0 saturated carbocycles. The van der Waals surface area contributed by atoms with Crippen LogP contribution in [0.15, 0.2) is 42.5 Å². The number of carbonyl (C=O) groups is 1. The summed E-state index contributed by atoms with van der Waals surface area (Å²) in [5, 5.41) is 11.2. The predicted octanol–water partition coefficient (Wildman–Crippen LogP) is 4.13. The second-order valence-corrected chi connectivity index (χ2v) is 5.26. The molecule has 0 aliphatic carbocycles. The first-order valence-electron chi connectivity index (χ1n) is 7.58. The largest absolute Gasteiger partial charge is 0.493 e. The number of esters is 1. The molecule has 9 heteroatoms. The number of alkyl halides is 2. The number of methoxy groups -OCH3 is 1. The van der Waals surface area contributed by atoms with E-state index in [1.165, 1.54) is 7.11 Å². The first-order valence-corrected chi connectivity index (χ1v) is 7.58. The third-order valence-corrected chi connectivity index (χ3v) is 3.36. The fourth-order valence-electron chi connectivity index (χ4n) is 2.12. The Bertz CT molecular complexity index is 865.